The third-order valence-corrected chi connectivity index (χ3v) is 4.69. The molecule has 3 nitrogen and oxygen atoms in total. The summed E-state index contributed by atoms with van der Waals surface area (Å²) in [5.74, 6) is -0.0508. The zero-order valence-electron chi connectivity index (χ0n) is 11.5. The molecule has 4 heteroatoms. The molecule has 0 bridgehead atoms. The van der Waals surface area contributed by atoms with Gasteiger partial charge in [-0.2, -0.15) is 0 Å². The Morgan fingerprint density at radius 2 is 1.89 bits per heavy atom. The van der Waals surface area contributed by atoms with Crippen LogP contribution in [0.25, 0.3) is 0 Å². The molecule has 0 heterocycles. The van der Waals surface area contributed by atoms with Crippen molar-refractivity contribution in [1.29, 1.82) is 0 Å². The van der Waals surface area contributed by atoms with Crippen molar-refractivity contribution in [3.8, 4) is 5.75 Å². The van der Waals surface area contributed by atoms with Gasteiger partial charge in [-0.05, 0) is 43.9 Å². The summed E-state index contributed by atoms with van der Waals surface area (Å²) in [6, 6.07) is 1.81. The van der Waals surface area contributed by atoms with Crippen LogP contribution in [-0.2, 0) is 10.2 Å². The van der Waals surface area contributed by atoms with Crippen LogP contribution in [0.2, 0.25) is 5.02 Å². The minimum atomic E-state index is -0.797. The van der Waals surface area contributed by atoms with Crippen molar-refractivity contribution in [3.05, 3.63) is 27.8 Å². The number of benzene rings is 1. The second kappa shape index (κ2) is 5.04. The van der Waals surface area contributed by atoms with E-state index in [1.165, 1.54) is 0 Å². The molecule has 2 rings (SSSR count). The summed E-state index contributed by atoms with van der Waals surface area (Å²) in [5, 5.41) is 10.3. The predicted octanol–water partition coefficient (Wildman–Crippen LogP) is 3.86. The van der Waals surface area contributed by atoms with Crippen molar-refractivity contribution < 1.29 is 14.6 Å². The molecular weight excluding hydrogens is 264 g/mol. The fourth-order valence-corrected chi connectivity index (χ4v) is 3.43. The molecule has 104 valence electrons. The van der Waals surface area contributed by atoms with Crippen LogP contribution in [0.5, 0.6) is 5.75 Å². The minimum absolute atomic E-state index is 0.574. The van der Waals surface area contributed by atoms with Gasteiger partial charge in [0.05, 0.1) is 12.5 Å². The number of methoxy groups -OCH3 is 1. The molecule has 0 amide bonds. The first-order valence-electron chi connectivity index (χ1n) is 6.51. The molecule has 1 aromatic carbocycles. The van der Waals surface area contributed by atoms with Gasteiger partial charge in [0.25, 0.3) is 0 Å². The molecular formula is C15H19ClO3. The van der Waals surface area contributed by atoms with Crippen LogP contribution >= 0.6 is 11.6 Å². The molecule has 1 fully saturated rings. The summed E-state index contributed by atoms with van der Waals surface area (Å²) in [4.78, 5) is 11.8. The third kappa shape index (κ3) is 2.10. The first-order valence-corrected chi connectivity index (χ1v) is 6.89. The molecule has 0 atom stereocenters. The number of aliphatic carboxylic acids is 1. The molecule has 1 aromatic rings. The molecule has 1 N–H and O–H groups in total. The SMILES string of the molecule is COc1c(C)c(Cl)cc(C2(C(=O)O)CCCC2)c1C. The molecule has 1 aliphatic rings. The van der Waals surface area contributed by atoms with E-state index in [9.17, 15) is 9.90 Å². The fraction of sp³-hybridized carbons (Fsp3) is 0.533. The van der Waals surface area contributed by atoms with Crippen molar-refractivity contribution in [2.75, 3.05) is 7.11 Å². The monoisotopic (exact) mass is 282 g/mol. The van der Waals surface area contributed by atoms with Crippen LogP contribution in [0, 0.1) is 13.8 Å². The molecule has 1 aliphatic carbocycles. The summed E-state index contributed by atoms with van der Waals surface area (Å²) in [6.45, 7) is 3.81. The van der Waals surface area contributed by atoms with Crippen LogP contribution in [0.4, 0.5) is 0 Å². The predicted molar refractivity (Wildman–Crippen MR) is 75.3 cm³/mol. The van der Waals surface area contributed by atoms with Crippen molar-refractivity contribution >= 4 is 17.6 Å². The van der Waals surface area contributed by atoms with E-state index in [0.717, 1.165) is 29.5 Å². The van der Waals surface area contributed by atoms with Gasteiger partial charge in [-0.1, -0.05) is 24.4 Å². The van der Waals surface area contributed by atoms with Crippen LogP contribution in [0.3, 0.4) is 0 Å². The summed E-state index contributed by atoms with van der Waals surface area (Å²) in [7, 11) is 1.59. The average Bonchev–Trinajstić information content (AvgIpc) is 2.85. The van der Waals surface area contributed by atoms with Crippen LogP contribution in [-0.4, -0.2) is 18.2 Å². The number of rotatable bonds is 3. The van der Waals surface area contributed by atoms with Gasteiger partial charge in [-0.15, -0.1) is 0 Å². The van der Waals surface area contributed by atoms with Crippen LogP contribution in [0.1, 0.15) is 42.4 Å². The normalized spacial score (nSPS) is 17.5. The highest BCUT2D eigenvalue weighted by Gasteiger charge is 2.44. The van der Waals surface area contributed by atoms with Crippen molar-refractivity contribution in [2.45, 2.75) is 44.9 Å². The van der Waals surface area contributed by atoms with Gasteiger partial charge >= 0.3 is 5.97 Å². The maximum absolute atomic E-state index is 11.8. The molecule has 0 aliphatic heterocycles. The summed E-state index contributed by atoms with van der Waals surface area (Å²) < 4.78 is 5.40. The number of carboxylic acid groups (broad SMARTS) is 1. The Hall–Kier alpha value is -1.22. The Labute approximate surface area is 118 Å². The van der Waals surface area contributed by atoms with E-state index in [2.05, 4.69) is 0 Å². The summed E-state index contributed by atoms with van der Waals surface area (Å²) in [6.07, 6.45) is 3.23. The first kappa shape index (κ1) is 14.2. The second-order valence-electron chi connectivity index (χ2n) is 5.28. The Morgan fingerprint density at radius 3 is 2.37 bits per heavy atom. The number of ether oxygens (including phenoxy) is 1. The van der Waals surface area contributed by atoms with E-state index >= 15 is 0 Å². The summed E-state index contributed by atoms with van der Waals surface area (Å²) in [5.41, 5.74) is 1.77. The second-order valence-corrected chi connectivity index (χ2v) is 5.69. The molecule has 1 saturated carbocycles. The van der Waals surface area contributed by atoms with Gasteiger partial charge in [0.15, 0.2) is 0 Å². The zero-order chi connectivity index (χ0) is 14.2. The van der Waals surface area contributed by atoms with E-state index in [1.807, 2.05) is 19.9 Å². The Bertz CT molecular complexity index is 517. The van der Waals surface area contributed by atoms with Crippen molar-refractivity contribution in [1.82, 2.24) is 0 Å². The van der Waals surface area contributed by atoms with Gasteiger partial charge in [-0.3, -0.25) is 4.79 Å². The molecule has 0 saturated heterocycles. The summed E-state index contributed by atoms with van der Waals surface area (Å²) >= 11 is 6.24. The number of carbonyl (C=O) groups is 1. The third-order valence-electron chi connectivity index (χ3n) is 4.30. The topological polar surface area (TPSA) is 46.5 Å². The quantitative estimate of drug-likeness (QED) is 0.916. The molecule has 0 radical (unpaired) electrons. The molecule has 0 unspecified atom stereocenters. The number of halogens is 1. The number of carboxylic acids is 1. The molecule has 19 heavy (non-hydrogen) atoms. The Morgan fingerprint density at radius 1 is 1.32 bits per heavy atom. The van der Waals surface area contributed by atoms with Crippen LogP contribution in [0.15, 0.2) is 6.07 Å². The Balaban J connectivity index is 2.68. The molecule has 0 aromatic heterocycles. The lowest BCUT2D eigenvalue weighted by atomic mass is 9.76. The fourth-order valence-electron chi connectivity index (χ4n) is 3.24. The highest BCUT2D eigenvalue weighted by atomic mass is 35.5. The van der Waals surface area contributed by atoms with Gasteiger partial charge in [-0.25, -0.2) is 0 Å². The van der Waals surface area contributed by atoms with Gasteiger partial charge in [0.1, 0.15) is 5.75 Å². The van der Waals surface area contributed by atoms with Crippen LogP contribution < -0.4 is 4.74 Å². The largest absolute Gasteiger partial charge is 0.496 e. The van der Waals surface area contributed by atoms with Gasteiger partial charge < -0.3 is 9.84 Å². The first-order chi connectivity index (χ1) is 8.94. The smallest absolute Gasteiger partial charge is 0.314 e. The van der Waals surface area contributed by atoms with E-state index in [0.29, 0.717) is 23.6 Å². The lowest BCUT2D eigenvalue weighted by Gasteiger charge is -2.28. The standard InChI is InChI=1S/C15H19ClO3/c1-9-11(8-12(16)10(2)13(9)19-3)15(14(17)18)6-4-5-7-15/h8H,4-7H2,1-3H3,(H,17,18). The zero-order valence-corrected chi connectivity index (χ0v) is 12.3. The maximum atomic E-state index is 11.8. The van der Waals surface area contributed by atoms with E-state index in [1.54, 1.807) is 7.11 Å². The van der Waals surface area contributed by atoms with Gasteiger partial charge in [0, 0.05) is 10.6 Å². The number of hydrogen-bond donors (Lipinski definition) is 1. The van der Waals surface area contributed by atoms with E-state index in [4.69, 9.17) is 16.3 Å². The van der Waals surface area contributed by atoms with Gasteiger partial charge in [0.2, 0.25) is 0 Å². The lowest BCUT2D eigenvalue weighted by Crippen LogP contribution is -2.33. The minimum Gasteiger partial charge on any atom is -0.496 e. The van der Waals surface area contributed by atoms with E-state index < -0.39 is 11.4 Å². The average molecular weight is 283 g/mol. The van der Waals surface area contributed by atoms with E-state index in [-0.39, 0.29) is 0 Å². The van der Waals surface area contributed by atoms with Crippen molar-refractivity contribution in [3.63, 3.8) is 0 Å². The number of hydrogen-bond acceptors (Lipinski definition) is 2. The highest BCUT2D eigenvalue weighted by Crippen LogP contribution is 2.46. The highest BCUT2D eigenvalue weighted by molar-refractivity contribution is 6.31. The Kier molecular flexibility index (Phi) is 3.77. The maximum Gasteiger partial charge on any atom is 0.314 e. The van der Waals surface area contributed by atoms with Crippen molar-refractivity contribution in [2.24, 2.45) is 0 Å². The molecule has 0 spiro atoms. The lowest BCUT2D eigenvalue weighted by molar-refractivity contribution is -0.143.